The van der Waals surface area contributed by atoms with Gasteiger partial charge in [-0.15, -0.1) is 0 Å². The van der Waals surface area contributed by atoms with Gasteiger partial charge in [-0.25, -0.2) is 4.98 Å². The molecule has 0 aliphatic heterocycles. The summed E-state index contributed by atoms with van der Waals surface area (Å²) in [5.41, 5.74) is 0. The summed E-state index contributed by atoms with van der Waals surface area (Å²) in [6, 6.07) is 0.450. The molecule has 1 aromatic rings. The minimum Gasteiger partial charge on any atom is -0.328 e. The zero-order chi connectivity index (χ0) is 9.84. The molecule has 1 heterocycles. The SMILES string of the molecule is C=C/C=c1/ncn(C(C)C)/c1=C/C. The number of imidazole rings is 1. The highest BCUT2D eigenvalue weighted by Gasteiger charge is 1.99. The Balaban J connectivity index is 3.45. The van der Waals surface area contributed by atoms with Gasteiger partial charge in [-0.2, -0.15) is 0 Å². The molecular formula is C11H16N2. The van der Waals surface area contributed by atoms with Crippen molar-refractivity contribution in [1.82, 2.24) is 9.55 Å². The van der Waals surface area contributed by atoms with E-state index in [1.54, 1.807) is 6.08 Å². The Labute approximate surface area is 78.9 Å². The Morgan fingerprint density at radius 3 is 2.69 bits per heavy atom. The third-order valence-electron chi connectivity index (χ3n) is 1.97. The van der Waals surface area contributed by atoms with E-state index in [1.807, 2.05) is 19.3 Å². The van der Waals surface area contributed by atoms with Crippen LogP contribution >= 0.6 is 0 Å². The Hall–Kier alpha value is -1.31. The van der Waals surface area contributed by atoms with E-state index in [1.165, 1.54) is 0 Å². The minimum absolute atomic E-state index is 0.450. The van der Waals surface area contributed by atoms with Crippen LogP contribution in [0.3, 0.4) is 0 Å². The molecule has 13 heavy (non-hydrogen) atoms. The summed E-state index contributed by atoms with van der Waals surface area (Å²) < 4.78 is 2.15. The average molecular weight is 176 g/mol. The maximum absolute atomic E-state index is 4.30. The van der Waals surface area contributed by atoms with Gasteiger partial charge in [0.05, 0.1) is 17.0 Å². The first kappa shape index (κ1) is 9.78. The number of rotatable bonds is 2. The Bertz CT molecular complexity index is 396. The van der Waals surface area contributed by atoms with Crippen molar-refractivity contribution in [2.75, 3.05) is 0 Å². The third-order valence-corrected chi connectivity index (χ3v) is 1.97. The fourth-order valence-electron chi connectivity index (χ4n) is 1.33. The summed E-state index contributed by atoms with van der Waals surface area (Å²) in [6.07, 6.45) is 7.63. The molecule has 0 saturated heterocycles. The Morgan fingerprint density at radius 2 is 2.23 bits per heavy atom. The van der Waals surface area contributed by atoms with Gasteiger partial charge in [0.1, 0.15) is 0 Å². The largest absolute Gasteiger partial charge is 0.328 e. The van der Waals surface area contributed by atoms with Crippen LogP contribution in [-0.4, -0.2) is 9.55 Å². The van der Waals surface area contributed by atoms with Gasteiger partial charge in [-0.3, -0.25) is 0 Å². The van der Waals surface area contributed by atoms with Gasteiger partial charge < -0.3 is 4.57 Å². The summed E-state index contributed by atoms with van der Waals surface area (Å²) in [7, 11) is 0. The van der Waals surface area contributed by atoms with E-state index in [9.17, 15) is 0 Å². The van der Waals surface area contributed by atoms with Crippen molar-refractivity contribution in [2.24, 2.45) is 0 Å². The van der Waals surface area contributed by atoms with E-state index in [-0.39, 0.29) is 0 Å². The van der Waals surface area contributed by atoms with Crippen molar-refractivity contribution in [3.8, 4) is 0 Å². The van der Waals surface area contributed by atoms with Gasteiger partial charge in [-0.05, 0) is 26.8 Å². The maximum Gasteiger partial charge on any atom is 0.0960 e. The van der Waals surface area contributed by atoms with Crippen LogP contribution in [0.2, 0.25) is 0 Å². The number of nitrogens with zero attached hydrogens (tertiary/aromatic N) is 2. The topological polar surface area (TPSA) is 17.8 Å². The molecule has 0 fully saturated rings. The van der Waals surface area contributed by atoms with Gasteiger partial charge in [0.15, 0.2) is 0 Å². The van der Waals surface area contributed by atoms with Crippen molar-refractivity contribution in [1.29, 1.82) is 0 Å². The molecule has 0 N–H and O–H groups in total. The van der Waals surface area contributed by atoms with Crippen LogP contribution < -0.4 is 10.7 Å². The van der Waals surface area contributed by atoms with E-state index >= 15 is 0 Å². The second kappa shape index (κ2) is 4.08. The van der Waals surface area contributed by atoms with Gasteiger partial charge in [0.2, 0.25) is 0 Å². The second-order valence-electron chi connectivity index (χ2n) is 3.21. The fourth-order valence-corrected chi connectivity index (χ4v) is 1.33. The molecule has 0 atom stereocenters. The van der Waals surface area contributed by atoms with Crippen LogP contribution in [0.1, 0.15) is 26.8 Å². The third kappa shape index (κ3) is 1.89. The molecule has 70 valence electrons. The van der Waals surface area contributed by atoms with E-state index in [2.05, 4.69) is 36.1 Å². The van der Waals surface area contributed by atoms with Crippen LogP contribution in [0.4, 0.5) is 0 Å². The normalized spacial score (nSPS) is 14.2. The molecule has 0 aromatic carbocycles. The molecule has 0 aliphatic carbocycles. The molecule has 1 aromatic heterocycles. The van der Waals surface area contributed by atoms with Crippen molar-refractivity contribution in [2.45, 2.75) is 26.8 Å². The number of allylic oxidation sites excluding steroid dienone is 1. The van der Waals surface area contributed by atoms with Crippen LogP contribution in [0.15, 0.2) is 19.0 Å². The second-order valence-corrected chi connectivity index (χ2v) is 3.21. The van der Waals surface area contributed by atoms with Crippen LogP contribution in [0, 0.1) is 0 Å². The summed E-state index contributed by atoms with van der Waals surface area (Å²) in [6.45, 7) is 9.98. The van der Waals surface area contributed by atoms with Crippen molar-refractivity contribution < 1.29 is 0 Å². The molecule has 2 nitrogen and oxygen atoms in total. The smallest absolute Gasteiger partial charge is 0.0960 e. The van der Waals surface area contributed by atoms with Crippen LogP contribution in [0.5, 0.6) is 0 Å². The van der Waals surface area contributed by atoms with E-state index in [4.69, 9.17) is 0 Å². The molecule has 0 spiro atoms. The van der Waals surface area contributed by atoms with Gasteiger partial charge >= 0.3 is 0 Å². The quantitative estimate of drug-likeness (QED) is 0.662. The van der Waals surface area contributed by atoms with Crippen molar-refractivity contribution in [3.05, 3.63) is 29.7 Å². The molecule has 0 amide bonds. The Morgan fingerprint density at radius 1 is 1.54 bits per heavy atom. The van der Waals surface area contributed by atoms with Gasteiger partial charge in [0, 0.05) is 6.04 Å². The van der Waals surface area contributed by atoms with E-state index in [0.29, 0.717) is 6.04 Å². The summed E-state index contributed by atoms with van der Waals surface area (Å²) >= 11 is 0. The van der Waals surface area contributed by atoms with Crippen molar-refractivity contribution in [3.63, 3.8) is 0 Å². The Kier molecular flexibility index (Phi) is 3.07. The summed E-state index contributed by atoms with van der Waals surface area (Å²) in [4.78, 5) is 4.30. The number of aromatic nitrogens is 2. The van der Waals surface area contributed by atoms with Gasteiger partial charge in [0.25, 0.3) is 0 Å². The lowest BCUT2D eigenvalue weighted by molar-refractivity contribution is 0.585. The first-order valence-corrected chi connectivity index (χ1v) is 4.52. The first-order valence-electron chi connectivity index (χ1n) is 4.52. The van der Waals surface area contributed by atoms with Crippen LogP contribution in [-0.2, 0) is 0 Å². The summed E-state index contributed by atoms with van der Waals surface area (Å²) in [5.74, 6) is 0. The standard InChI is InChI=1S/C11H16N2/c1-5-7-10-11(6-2)13(8-12-10)9(3)4/h5-9H,1H2,2-4H3/b10-7+,11-6+. The predicted molar refractivity (Wildman–Crippen MR) is 56.7 cm³/mol. The van der Waals surface area contributed by atoms with Crippen LogP contribution in [0.25, 0.3) is 12.2 Å². The number of hydrogen-bond acceptors (Lipinski definition) is 1. The van der Waals surface area contributed by atoms with Gasteiger partial charge in [-0.1, -0.05) is 18.7 Å². The molecule has 0 radical (unpaired) electrons. The fraction of sp³-hybridized carbons (Fsp3) is 0.364. The lowest BCUT2D eigenvalue weighted by atomic mass is 10.3. The molecule has 0 unspecified atom stereocenters. The molecule has 0 bridgehead atoms. The lowest BCUT2D eigenvalue weighted by Crippen LogP contribution is -2.30. The highest BCUT2D eigenvalue weighted by Crippen LogP contribution is 1.95. The highest BCUT2D eigenvalue weighted by atomic mass is 15.1. The highest BCUT2D eigenvalue weighted by molar-refractivity contribution is 5.34. The molecule has 0 saturated carbocycles. The molecular weight excluding hydrogens is 160 g/mol. The first-order chi connectivity index (χ1) is 6.20. The zero-order valence-electron chi connectivity index (χ0n) is 8.49. The molecule has 0 aliphatic rings. The number of hydrogen-bond donors (Lipinski definition) is 0. The monoisotopic (exact) mass is 176 g/mol. The predicted octanol–water partition coefficient (Wildman–Crippen LogP) is 1.23. The minimum atomic E-state index is 0.450. The zero-order valence-corrected chi connectivity index (χ0v) is 8.49. The average Bonchev–Trinajstić information content (AvgIpc) is 2.48. The molecule has 2 heteroatoms. The van der Waals surface area contributed by atoms with Crippen molar-refractivity contribution >= 4 is 12.2 Å². The lowest BCUT2D eigenvalue weighted by Gasteiger charge is -2.05. The molecule has 1 rings (SSSR count). The van der Waals surface area contributed by atoms with E-state index < -0.39 is 0 Å². The summed E-state index contributed by atoms with van der Waals surface area (Å²) in [5, 5.41) is 2.15. The van der Waals surface area contributed by atoms with E-state index in [0.717, 1.165) is 10.7 Å². The maximum atomic E-state index is 4.30.